The first-order valence-corrected chi connectivity index (χ1v) is 9.99. The van der Waals surface area contributed by atoms with Crippen LogP contribution in [0.1, 0.15) is 91.9 Å². The molecule has 4 nitrogen and oxygen atoms in total. The van der Waals surface area contributed by atoms with E-state index in [0.717, 1.165) is 44.9 Å². The number of carboxylic acid groups (broad SMARTS) is 1. The summed E-state index contributed by atoms with van der Waals surface area (Å²) in [5.41, 5.74) is -1.47. The van der Waals surface area contributed by atoms with E-state index in [-0.39, 0.29) is 12.2 Å². The van der Waals surface area contributed by atoms with E-state index < -0.39 is 17.0 Å². The maximum absolute atomic E-state index is 11.0. The molecule has 1 fully saturated rings. The molecule has 0 amide bonds. The molecule has 3 atom stereocenters. The minimum absolute atomic E-state index is 0.0427. The second-order valence-corrected chi connectivity index (χ2v) is 8.36. The molecule has 1 aliphatic rings. The van der Waals surface area contributed by atoms with Crippen LogP contribution < -0.4 is 0 Å². The van der Waals surface area contributed by atoms with Crippen LogP contribution in [-0.4, -0.2) is 34.0 Å². The minimum Gasteiger partial charge on any atom is -0.481 e. The molecule has 0 bridgehead atoms. The van der Waals surface area contributed by atoms with Crippen LogP contribution >= 0.6 is 0 Å². The Morgan fingerprint density at radius 1 is 1.08 bits per heavy atom. The smallest absolute Gasteiger partial charge is 0.309 e. The van der Waals surface area contributed by atoms with Crippen molar-refractivity contribution in [3.05, 3.63) is 12.2 Å². The summed E-state index contributed by atoms with van der Waals surface area (Å²) in [6.07, 6.45) is 14.7. The van der Waals surface area contributed by atoms with Crippen molar-refractivity contribution in [1.29, 1.82) is 0 Å². The van der Waals surface area contributed by atoms with Gasteiger partial charge >= 0.3 is 5.97 Å². The van der Waals surface area contributed by atoms with Gasteiger partial charge in [0.15, 0.2) is 0 Å². The van der Waals surface area contributed by atoms with Crippen molar-refractivity contribution in [2.45, 2.75) is 110 Å². The topological polar surface area (TPSA) is 70.1 Å². The summed E-state index contributed by atoms with van der Waals surface area (Å²) in [7, 11) is 0. The number of ether oxygens (including phenoxy) is 1. The number of rotatable bonds is 14. The van der Waals surface area contributed by atoms with Crippen LogP contribution in [-0.2, 0) is 9.53 Å². The molecule has 0 saturated carbocycles. The maximum Gasteiger partial charge on any atom is 0.309 e. The van der Waals surface area contributed by atoms with Gasteiger partial charge in [-0.25, -0.2) is 0 Å². The molecule has 4 heteroatoms. The zero-order chi connectivity index (χ0) is 18.9. The van der Waals surface area contributed by atoms with E-state index in [9.17, 15) is 9.90 Å². The Balaban J connectivity index is 2.10. The largest absolute Gasteiger partial charge is 0.481 e. The highest BCUT2D eigenvalue weighted by atomic mass is 16.6. The van der Waals surface area contributed by atoms with Crippen molar-refractivity contribution in [3.63, 3.8) is 0 Å². The number of aliphatic hydroxyl groups is 1. The van der Waals surface area contributed by atoms with Gasteiger partial charge in [0.05, 0.1) is 11.5 Å². The number of carboxylic acids is 1. The summed E-state index contributed by atoms with van der Waals surface area (Å²) in [4.78, 5) is 11.0. The number of allylic oxidation sites excluding steroid dienone is 1. The minimum atomic E-state index is -0.859. The molecule has 1 rings (SSSR count). The first kappa shape index (κ1) is 22.2. The summed E-state index contributed by atoms with van der Waals surface area (Å²) in [6, 6.07) is 0. The maximum atomic E-state index is 11.0. The van der Waals surface area contributed by atoms with E-state index >= 15 is 0 Å². The Kier molecular flexibility index (Phi) is 9.15. The van der Waals surface area contributed by atoms with Gasteiger partial charge < -0.3 is 14.9 Å². The molecule has 1 heterocycles. The van der Waals surface area contributed by atoms with Gasteiger partial charge in [-0.2, -0.15) is 0 Å². The molecule has 25 heavy (non-hydrogen) atoms. The monoisotopic (exact) mass is 354 g/mol. The predicted octanol–water partition coefficient (Wildman–Crippen LogP) is 5.09. The molecule has 0 aromatic heterocycles. The van der Waals surface area contributed by atoms with Gasteiger partial charge in [0.1, 0.15) is 11.7 Å². The van der Waals surface area contributed by atoms with E-state index in [1.54, 1.807) is 13.8 Å². The van der Waals surface area contributed by atoms with Gasteiger partial charge in [0, 0.05) is 0 Å². The van der Waals surface area contributed by atoms with Gasteiger partial charge in [0.25, 0.3) is 0 Å². The van der Waals surface area contributed by atoms with E-state index in [2.05, 4.69) is 13.0 Å². The van der Waals surface area contributed by atoms with E-state index in [4.69, 9.17) is 9.84 Å². The van der Waals surface area contributed by atoms with Crippen LogP contribution in [0.25, 0.3) is 0 Å². The van der Waals surface area contributed by atoms with Crippen LogP contribution in [0, 0.1) is 5.41 Å². The van der Waals surface area contributed by atoms with Crippen LogP contribution in [0.2, 0.25) is 0 Å². The van der Waals surface area contributed by atoms with Crippen LogP contribution in [0.5, 0.6) is 0 Å². The first-order valence-electron chi connectivity index (χ1n) is 9.99. The predicted molar refractivity (Wildman–Crippen MR) is 102 cm³/mol. The Hall–Kier alpha value is -0.870. The quantitative estimate of drug-likeness (QED) is 0.259. The Bertz CT molecular complexity index is 426. The van der Waals surface area contributed by atoms with Gasteiger partial charge in [0.2, 0.25) is 0 Å². The SMILES string of the molecule is CCCCCC1OC1C(C)(O)/C=C\CCCCCCC(C)(C)C(=O)O. The van der Waals surface area contributed by atoms with Crippen LogP contribution in [0.15, 0.2) is 12.2 Å². The van der Waals surface area contributed by atoms with Gasteiger partial charge in [-0.1, -0.05) is 57.6 Å². The highest BCUT2D eigenvalue weighted by molar-refractivity contribution is 5.73. The highest BCUT2D eigenvalue weighted by Gasteiger charge is 2.49. The third-order valence-corrected chi connectivity index (χ3v) is 5.21. The molecule has 0 spiro atoms. The molecule has 0 aromatic carbocycles. The van der Waals surface area contributed by atoms with Crippen molar-refractivity contribution >= 4 is 5.97 Å². The standard InChI is InChI=1S/C21H38O4/c1-5-6-11-14-17-18(25-17)21(4,24)16-13-10-8-7-9-12-15-20(2,3)19(22)23/h13,16-18,24H,5-12,14-15H2,1-4H3,(H,22,23)/b16-13-. The zero-order valence-electron chi connectivity index (χ0n) is 16.6. The van der Waals surface area contributed by atoms with Crippen molar-refractivity contribution in [2.75, 3.05) is 0 Å². The lowest BCUT2D eigenvalue weighted by Gasteiger charge is -2.18. The van der Waals surface area contributed by atoms with Crippen molar-refractivity contribution in [1.82, 2.24) is 0 Å². The second-order valence-electron chi connectivity index (χ2n) is 8.36. The fourth-order valence-corrected chi connectivity index (χ4v) is 3.18. The molecule has 3 unspecified atom stereocenters. The normalized spacial score (nSPS) is 22.9. The van der Waals surface area contributed by atoms with E-state index in [0.29, 0.717) is 0 Å². The fraction of sp³-hybridized carbons (Fsp3) is 0.857. The Morgan fingerprint density at radius 2 is 1.76 bits per heavy atom. The molecule has 2 N–H and O–H groups in total. The highest BCUT2D eigenvalue weighted by Crippen LogP contribution is 2.36. The van der Waals surface area contributed by atoms with Crippen molar-refractivity contribution in [3.8, 4) is 0 Å². The molecule has 0 aromatic rings. The molecule has 0 aliphatic carbocycles. The molecular formula is C21H38O4. The lowest BCUT2D eigenvalue weighted by atomic mass is 9.87. The lowest BCUT2D eigenvalue weighted by molar-refractivity contribution is -0.147. The van der Waals surface area contributed by atoms with E-state index in [1.807, 2.05) is 13.0 Å². The molecule has 146 valence electrons. The summed E-state index contributed by atoms with van der Waals surface area (Å²) in [5.74, 6) is -0.715. The van der Waals surface area contributed by atoms with Gasteiger partial charge in [-0.15, -0.1) is 0 Å². The number of unbranched alkanes of at least 4 members (excludes halogenated alkanes) is 6. The third-order valence-electron chi connectivity index (χ3n) is 5.21. The Morgan fingerprint density at radius 3 is 2.40 bits per heavy atom. The summed E-state index contributed by atoms with van der Waals surface area (Å²) in [6.45, 7) is 7.60. The van der Waals surface area contributed by atoms with Crippen LogP contribution in [0.4, 0.5) is 0 Å². The summed E-state index contributed by atoms with van der Waals surface area (Å²) >= 11 is 0. The average Bonchev–Trinajstić information content (AvgIpc) is 3.30. The fourth-order valence-electron chi connectivity index (χ4n) is 3.18. The average molecular weight is 355 g/mol. The van der Waals surface area contributed by atoms with Crippen LogP contribution in [0.3, 0.4) is 0 Å². The number of hydrogen-bond acceptors (Lipinski definition) is 3. The third kappa shape index (κ3) is 8.37. The van der Waals surface area contributed by atoms with Crippen molar-refractivity contribution < 1.29 is 19.7 Å². The Labute approximate surface area is 153 Å². The molecule has 1 aliphatic heterocycles. The summed E-state index contributed by atoms with van der Waals surface area (Å²) < 4.78 is 5.64. The van der Waals surface area contributed by atoms with E-state index in [1.165, 1.54) is 19.3 Å². The molecule has 1 saturated heterocycles. The number of carbonyl (C=O) groups is 1. The van der Waals surface area contributed by atoms with Gasteiger partial charge in [-0.05, 0) is 46.5 Å². The second kappa shape index (κ2) is 10.3. The first-order chi connectivity index (χ1) is 11.7. The number of aliphatic carboxylic acids is 1. The summed E-state index contributed by atoms with van der Waals surface area (Å²) in [5, 5.41) is 19.6. The number of epoxide rings is 1. The van der Waals surface area contributed by atoms with Crippen molar-refractivity contribution in [2.24, 2.45) is 5.41 Å². The number of hydrogen-bond donors (Lipinski definition) is 2. The molecular weight excluding hydrogens is 316 g/mol. The zero-order valence-corrected chi connectivity index (χ0v) is 16.6. The molecule has 0 radical (unpaired) electrons. The lowest BCUT2D eigenvalue weighted by Crippen LogP contribution is -2.30. The van der Waals surface area contributed by atoms with Gasteiger partial charge in [-0.3, -0.25) is 4.79 Å².